The molecule has 0 spiro atoms. The molecule has 7 heteroatoms. The highest BCUT2D eigenvalue weighted by Crippen LogP contribution is 2.50. The monoisotopic (exact) mass is 744 g/mol. The molecule has 0 amide bonds. The number of fused-ring (bicyclic) bond motifs is 3. The third-order valence-corrected chi connectivity index (χ3v) is 12.8. The molecule has 1 unspecified atom stereocenters. The van der Waals surface area contributed by atoms with Crippen molar-refractivity contribution in [1.29, 1.82) is 0 Å². The zero-order chi connectivity index (χ0) is 37.7. The Morgan fingerprint density at radius 2 is 1.32 bits per heavy atom. The molecule has 53 heavy (non-hydrogen) atoms. The number of hydrogen-bond donors (Lipinski definition) is 1. The first kappa shape index (κ1) is 45.9. The number of nitrogens with zero attached hydrogens (tertiary/aromatic N) is 3. The van der Waals surface area contributed by atoms with E-state index >= 15 is 0 Å². The van der Waals surface area contributed by atoms with E-state index in [9.17, 15) is 9.90 Å². The molecule has 308 valence electrons. The lowest BCUT2D eigenvalue weighted by Gasteiger charge is -2.46. The molecule has 1 aromatic rings. The molecule has 0 saturated heterocycles. The third kappa shape index (κ3) is 22.0. The Morgan fingerprint density at radius 3 is 1.94 bits per heavy atom. The van der Waals surface area contributed by atoms with E-state index in [4.69, 9.17) is 9.47 Å². The van der Waals surface area contributed by atoms with Crippen molar-refractivity contribution in [2.24, 2.45) is 17.3 Å². The van der Waals surface area contributed by atoms with Crippen LogP contribution in [0, 0.1) is 17.3 Å². The molecule has 2 bridgehead atoms. The van der Waals surface area contributed by atoms with E-state index in [2.05, 4.69) is 34.5 Å². The number of aromatic nitrogens is 2. The highest BCUT2D eigenvalue weighted by molar-refractivity contribution is 5.69. The van der Waals surface area contributed by atoms with Crippen LogP contribution < -0.4 is 0 Å². The number of aliphatic hydroxyl groups excluding tert-OH is 1. The van der Waals surface area contributed by atoms with Gasteiger partial charge in [-0.2, -0.15) is 0 Å². The maximum atomic E-state index is 12.5. The Hall–Kier alpha value is -1.44. The minimum atomic E-state index is -0.582. The van der Waals surface area contributed by atoms with Crippen LogP contribution in [0.4, 0.5) is 0 Å². The number of carbonyl (C=O) groups excluding carboxylic acids is 1. The molecule has 0 aliphatic heterocycles. The minimum absolute atomic E-state index is 0.00954. The summed E-state index contributed by atoms with van der Waals surface area (Å²) in [5.74, 6) is 1.70. The fourth-order valence-corrected chi connectivity index (χ4v) is 9.03. The summed E-state index contributed by atoms with van der Waals surface area (Å²) < 4.78 is 13.9. The normalized spacial score (nSPS) is 19.1. The lowest BCUT2D eigenvalue weighted by molar-refractivity contribution is -0.145. The number of unbranched alkanes of at least 4 members (excludes halogenated alkanes) is 14. The summed E-state index contributed by atoms with van der Waals surface area (Å²) >= 11 is 0. The highest BCUT2D eigenvalue weighted by atomic mass is 16.6. The molecule has 3 aliphatic rings. The van der Waals surface area contributed by atoms with Crippen LogP contribution in [0.1, 0.15) is 206 Å². The quantitative estimate of drug-likeness (QED) is 0.0419. The van der Waals surface area contributed by atoms with Gasteiger partial charge in [0.25, 0.3) is 0 Å². The molecule has 4 rings (SSSR count). The van der Waals surface area contributed by atoms with Crippen LogP contribution >= 0.6 is 0 Å². The molecule has 1 heterocycles. The number of imidazole rings is 1. The van der Waals surface area contributed by atoms with Crippen LogP contribution in [0.25, 0.3) is 0 Å². The van der Waals surface area contributed by atoms with Crippen LogP contribution in [0.2, 0.25) is 0 Å². The van der Waals surface area contributed by atoms with Gasteiger partial charge in [0.15, 0.2) is 6.29 Å². The van der Waals surface area contributed by atoms with Crippen LogP contribution in [0.3, 0.4) is 0 Å². The van der Waals surface area contributed by atoms with Gasteiger partial charge in [-0.3, -0.25) is 4.79 Å². The van der Waals surface area contributed by atoms with Gasteiger partial charge in [0.1, 0.15) is 0 Å². The molecule has 1 N–H and O–H groups in total. The van der Waals surface area contributed by atoms with Gasteiger partial charge < -0.3 is 24.0 Å². The van der Waals surface area contributed by atoms with Gasteiger partial charge in [-0.25, -0.2) is 4.98 Å². The Balaban J connectivity index is 1.20. The fourth-order valence-electron chi connectivity index (χ4n) is 9.03. The SMILES string of the molecule is CCCCCCC(CCCCCC)CCOC(=O)CCCCCCCN(CCCCCCCC(O)OCC12CCC(CC1)CC2)CCCn1ccnc1. The van der Waals surface area contributed by atoms with Crippen molar-refractivity contribution in [3.63, 3.8) is 0 Å². The van der Waals surface area contributed by atoms with Gasteiger partial charge in [0.05, 0.1) is 19.5 Å². The molecule has 1 atom stereocenters. The second-order valence-corrected chi connectivity index (χ2v) is 17.4. The maximum Gasteiger partial charge on any atom is 0.305 e. The van der Waals surface area contributed by atoms with Gasteiger partial charge >= 0.3 is 5.97 Å². The summed E-state index contributed by atoms with van der Waals surface area (Å²) in [6, 6.07) is 0. The number of aliphatic hydroxyl groups is 1. The van der Waals surface area contributed by atoms with Gasteiger partial charge in [0, 0.05) is 25.4 Å². The van der Waals surface area contributed by atoms with Crippen LogP contribution in [0.15, 0.2) is 18.7 Å². The summed E-state index contributed by atoms with van der Waals surface area (Å²) in [5.41, 5.74) is 0.375. The van der Waals surface area contributed by atoms with Crippen molar-refractivity contribution in [2.75, 3.05) is 32.8 Å². The fraction of sp³-hybridized carbons (Fsp3) is 0.913. The number of esters is 1. The summed E-state index contributed by atoms with van der Waals surface area (Å²) in [6.45, 7) is 10.4. The Bertz CT molecular complexity index is 954. The average molecular weight is 744 g/mol. The second kappa shape index (κ2) is 29.8. The predicted molar refractivity (Wildman–Crippen MR) is 221 cm³/mol. The number of aryl methyl sites for hydroxylation is 1. The van der Waals surface area contributed by atoms with E-state index in [1.165, 1.54) is 154 Å². The van der Waals surface area contributed by atoms with Crippen molar-refractivity contribution >= 4 is 5.97 Å². The Labute approximate surface area is 327 Å². The third-order valence-electron chi connectivity index (χ3n) is 12.8. The average Bonchev–Trinajstić information content (AvgIpc) is 3.70. The van der Waals surface area contributed by atoms with Gasteiger partial charge in [-0.15, -0.1) is 0 Å². The van der Waals surface area contributed by atoms with Crippen molar-refractivity contribution in [1.82, 2.24) is 14.5 Å². The first-order valence-corrected chi connectivity index (χ1v) is 23.2. The van der Waals surface area contributed by atoms with Crippen molar-refractivity contribution in [3.8, 4) is 0 Å². The molecule has 1 aromatic heterocycles. The first-order chi connectivity index (χ1) is 26.0. The van der Waals surface area contributed by atoms with E-state index < -0.39 is 6.29 Å². The van der Waals surface area contributed by atoms with E-state index in [1.807, 2.05) is 12.5 Å². The van der Waals surface area contributed by atoms with E-state index in [-0.39, 0.29) is 5.97 Å². The maximum absolute atomic E-state index is 12.5. The van der Waals surface area contributed by atoms with E-state index in [0.717, 1.165) is 76.6 Å². The molecule has 3 aliphatic carbocycles. The van der Waals surface area contributed by atoms with Crippen LogP contribution in [-0.4, -0.2) is 64.7 Å². The predicted octanol–water partition coefficient (Wildman–Crippen LogP) is 12.1. The van der Waals surface area contributed by atoms with Crippen molar-refractivity contribution < 1.29 is 19.4 Å². The zero-order valence-corrected chi connectivity index (χ0v) is 34.9. The number of carbonyl (C=O) groups is 1. The van der Waals surface area contributed by atoms with Crippen molar-refractivity contribution in [2.45, 2.75) is 219 Å². The summed E-state index contributed by atoms with van der Waals surface area (Å²) in [5, 5.41) is 10.5. The largest absolute Gasteiger partial charge is 0.466 e. The van der Waals surface area contributed by atoms with Gasteiger partial charge in [-0.05, 0) is 120 Å². The lowest BCUT2D eigenvalue weighted by atomic mass is 9.61. The van der Waals surface area contributed by atoms with Crippen LogP contribution in [0.5, 0.6) is 0 Å². The van der Waals surface area contributed by atoms with Gasteiger partial charge in [0.2, 0.25) is 0 Å². The Kier molecular flexibility index (Phi) is 25.8. The van der Waals surface area contributed by atoms with E-state index in [0.29, 0.717) is 18.4 Å². The molecule has 3 saturated carbocycles. The topological polar surface area (TPSA) is 76.8 Å². The molecular formula is C46H85N3O4. The van der Waals surface area contributed by atoms with Crippen LogP contribution in [-0.2, 0) is 20.8 Å². The number of hydrogen-bond acceptors (Lipinski definition) is 6. The molecular weight excluding hydrogens is 659 g/mol. The summed E-state index contributed by atoms with van der Waals surface area (Å²) in [6.07, 6.45) is 41.8. The molecule has 0 aromatic carbocycles. The highest BCUT2D eigenvalue weighted by Gasteiger charge is 2.40. The second-order valence-electron chi connectivity index (χ2n) is 17.4. The molecule has 7 nitrogen and oxygen atoms in total. The lowest BCUT2D eigenvalue weighted by Crippen LogP contribution is -2.38. The number of rotatable bonds is 36. The first-order valence-electron chi connectivity index (χ1n) is 23.2. The smallest absolute Gasteiger partial charge is 0.305 e. The van der Waals surface area contributed by atoms with Gasteiger partial charge in [-0.1, -0.05) is 117 Å². The molecule has 0 radical (unpaired) electrons. The standard InChI is InChI=1S/C46H85N3O4/c1-3-5-7-15-22-42(23-16-8-6-4-2)29-39-52-44(50)24-17-11-9-13-19-34-48(36-21-37-49-38-33-47-41-49)35-20-14-10-12-18-25-45(51)53-40-46-30-26-43(27-31-46)28-32-46/h33,38,41-43,45,51H,3-32,34-37,39-40H2,1-2H3. The molecule has 3 fully saturated rings. The zero-order valence-electron chi connectivity index (χ0n) is 34.9. The summed E-state index contributed by atoms with van der Waals surface area (Å²) in [7, 11) is 0. The van der Waals surface area contributed by atoms with Crippen molar-refractivity contribution in [3.05, 3.63) is 18.7 Å². The summed E-state index contributed by atoms with van der Waals surface area (Å²) in [4.78, 5) is 19.3. The van der Waals surface area contributed by atoms with E-state index in [1.54, 1.807) is 0 Å². The number of ether oxygens (including phenoxy) is 2. The Morgan fingerprint density at radius 1 is 0.755 bits per heavy atom. The minimum Gasteiger partial charge on any atom is -0.466 e.